The van der Waals surface area contributed by atoms with Gasteiger partial charge < -0.3 is 9.22 Å². The molecule has 0 N–H and O–H groups in total. The number of rotatable bonds is 4. The van der Waals surface area contributed by atoms with Crippen LogP contribution in [0.25, 0.3) is 12.2 Å². The van der Waals surface area contributed by atoms with Crippen LogP contribution in [0.5, 0.6) is 5.75 Å². The average Bonchev–Trinajstić information content (AvgIpc) is 2.86. The molecule has 114 valence electrons. The van der Waals surface area contributed by atoms with Gasteiger partial charge in [-0.15, -0.1) is 0 Å². The minimum Gasteiger partial charge on any atom is -0.484 e. The maximum atomic E-state index is 6.09. The molecule has 2 heteroatoms. The van der Waals surface area contributed by atoms with Gasteiger partial charge in [-0.25, -0.2) is 0 Å². The minimum atomic E-state index is 0.348. The summed E-state index contributed by atoms with van der Waals surface area (Å²) in [6, 6.07) is 18.7. The number of likely N-dealkylation sites (N-methyl/N-ethyl adjacent to an activating group) is 1. The van der Waals surface area contributed by atoms with Crippen molar-refractivity contribution in [1.82, 2.24) is 0 Å². The zero-order valence-electron chi connectivity index (χ0n) is 13.4. The zero-order chi connectivity index (χ0) is 15.4. The molecule has 2 aromatic carbocycles. The summed E-state index contributed by atoms with van der Waals surface area (Å²) in [5.41, 5.74) is 2.41. The van der Waals surface area contributed by atoms with E-state index in [9.17, 15) is 0 Å². The lowest BCUT2D eigenvalue weighted by Gasteiger charge is -2.23. The average molecular weight is 294 g/mol. The van der Waals surface area contributed by atoms with Gasteiger partial charge in [0.1, 0.15) is 12.3 Å². The largest absolute Gasteiger partial charge is 0.484 e. The number of quaternary nitrogens is 1. The van der Waals surface area contributed by atoms with E-state index in [2.05, 4.69) is 74.8 Å². The SMILES string of the molecule is C[N+]1(C)CC[C@H](Oc2ccc(C=Cc3ccccc3)cc2)C1. The summed E-state index contributed by atoms with van der Waals surface area (Å²) in [6.45, 7) is 2.29. The molecule has 3 rings (SSSR count). The molecule has 0 amide bonds. The van der Waals surface area contributed by atoms with Gasteiger partial charge in [0.25, 0.3) is 0 Å². The Morgan fingerprint density at radius 2 is 1.55 bits per heavy atom. The predicted octanol–water partition coefficient (Wildman–Crippen LogP) is 4.08. The number of benzene rings is 2. The van der Waals surface area contributed by atoms with Crippen LogP contribution < -0.4 is 4.74 Å². The second-order valence-corrected chi connectivity index (χ2v) is 6.68. The van der Waals surface area contributed by atoms with Crippen LogP contribution in [0.4, 0.5) is 0 Å². The molecule has 2 nitrogen and oxygen atoms in total. The molecule has 0 aromatic heterocycles. The summed E-state index contributed by atoms with van der Waals surface area (Å²) in [5, 5.41) is 0. The summed E-state index contributed by atoms with van der Waals surface area (Å²) in [7, 11) is 4.53. The van der Waals surface area contributed by atoms with Crippen molar-refractivity contribution in [1.29, 1.82) is 0 Å². The predicted molar refractivity (Wildman–Crippen MR) is 92.7 cm³/mol. The van der Waals surface area contributed by atoms with Gasteiger partial charge in [0, 0.05) is 6.42 Å². The van der Waals surface area contributed by atoms with Crippen molar-refractivity contribution in [2.24, 2.45) is 0 Å². The highest BCUT2D eigenvalue weighted by Crippen LogP contribution is 2.21. The standard InChI is InChI=1S/C20H24NO/c1-21(2)15-14-20(16-21)22-19-12-10-18(11-13-19)9-8-17-6-4-3-5-7-17/h3-13,20H,14-16H2,1-2H3/q+1/t20-/m0/s1. The maximum Gasteiger partial charge on any atom is 0.153 e. The Hall–Kier alpha value is -2.06. The fourth-order valence-electron chi connectivity index (χ4n) is 2.93. The van der Waals surface area contributed by atoms with Crippen molar-refractivity contribution < 1.29 is 9.22 Å². The van der Waals surface area contributed by atoms with Gasteiger partial charge >= 0.3 is 0 Å². The number of ether oxygens (including phenoxy) is 1. The number of hydrogen-bond donors (Lipinski definition) is 0. The van der Waals surface area contributed by atoms with Crippen molar-refractivity contribution in [3.05, 3.63) is 65.7 Å². The lowest BCUT2D eigenvalue weighted by atomic mass is 10.1. The van der Waals surface area contributed by atoms with E-state index in [0.717, 1.165) is 23.2 Å². The van der Waals surface area contributed by atoms with Gasteiger partial charge in [-0.3, -0.25) is 0 Å². The van der Waals surface area contributed by atoms with Gasteiger partial charge in [-0.1, -0.05) is 54.6 Å². The number of likely N-dealkylation sites (tertiary alicyclic amines) is 1. The summed E-state index contributed by atoms with van der Waals surface area (Å²) < 4.78 is 7.15. The molecular weight excluding hydrogens is 270 g/mol. The van der Waals surface area contributed by atoms with E-state index in [0.29, 0.717) is 6.10 Å². The first-order chi connectivity index (χ1) is 10.6. The summed E-state index contributed by atoms with van der Waals surface area (Å²) in [6.07, 6.45) is 5.75. The van der Waals surface area contributed by atoms with E-state index in [4.69, 9.17) is 4.74 Å². The molecule has 1 atom stereocenters. The van der Waals surface area contributed by atoms with E-state index in [-0.39, 0.29) is 0 Å². The first-order valence-electron chi connectivity index (χ1n) is 7.93. The molecule has 0 unspecified atom stereocenters. The van der Waals surface area contributed by atoms with Gasteiger partial charge in [0.05, 0.1) is 20.6 Å². The Kier molecular flexibility index (Phi) is 4.30. The first-order valence-corrected chi connectivity index (χ1v) is 7.93. The molecule has 0 aliphatic carbocycles. The summed E-state index contributed by atoms with van der Waals surface area (Å²) in [5.74, 6) is 0.976. The van der Waals surface area contributed by atoms with E-state index in [1.165, 1.54) is 17.7 Å². The maximum absolute atomic E-state index is 6.09. The number of nitrogens with zero attached hydrogens (tertiary/aromatic N) is 1. The second kappa shape index (κ2) is 6.37. The third kappa shape index (κ3) is 3.99. The van der Waals surface area contributed by atoms with Crippen molar-refractivity contribution in [3.8, 4) is 5.75 Å². The third-order valence-electron chi connectivity index (χ3n) is 4.20. The molecule has 2 aromatic rings. The van der Waals surface area contributed by atoms with Gasteiger partial charge in [-0.2, -0.15) is 0 Å². The van der Waals surface area contributed by atoms with Crippen molar-refractivity contribution >= 4 is 12.2 Å². The Bertz CT molecular complexity index is 629. The minimum absolute atomic E-state index is 0.348. The molecule has 1 saturated heterocycles. The summed E-state index contributed by atoms with van der Waals surface area (Å²) >= 11 is 0. The van der Waals surface area contributed by atoms with Crippen LogP contribution in [0.2, 0.25) is 0 Å². The molecule has 0 radical (unpaired) electrons. The molecule has 0 saturated carbocycles. The fourth-order valence-corrected chi connectivity index (χ4v) is 2.93. The molecule has 0 spiro atoms. The molecule has 1 fully saturated rings. The lowest BCUT2D eigenvalue weighted by molar-refractivity contribution is -0.879. The van der Waals surface area contributed by atoms with Crippen LogP contribution in [0.15, 0.2) is 54.6 Å². The van der Waals surface area contributed by atoms with Crippen LogP contribution in [-0.4, -0.2) is 37.8 Å². The highest BCUT2D eigenvalue weighted by atomic mass is 16.5. The van der Waals surface area contributed by atoms with Crippen LogP contribution in [0, 0.1) is 0 Å². The van der Waals surface area contributed by atoms with E-state index >= 15 is 0 Å². The molecule has 1 aliphatic rings. The fraction of sp³-hybridized carbons (Fsp3) is 0.300. The van der Waals surface area contributed by atoms with Crippen molar-refractivity contribution in [2.45, 2.75) is 12.5 Å². The second-order valence-electron chi connectivity index (χ2n) is 6.68. The van der Waals surface area contributed by atoms with E-state index in [1.807, 2.05) is 6.07 Å². The Labute approximate surface area is 133 Å². The van der Waals surface area contributed by atoms with E-state index < -0.39 is 0 Å². The Morgan fingerprint density at radius 1 is 0.909 bits per heavy atom. The van der Waals surface area contributed by atoms with E-state index in [1.54, 1.807) is 0 Å². The van der Waals surface area contributed by atoms with Crippen LogP contribution in [-0.2, 0) is 0 Å². The highest BCUT2D eigenvalue weighted by Gasteiger charge is 2.32. The van der Waals surface area contributed by atoms with Crippen molar-refractivity contribution in [3.63, 3.8) is 0 Å². The third-order valence-corrected chi connectivity index (χ3v) is 4.20. The van der Waals surface area contributed by atoms with Crippen molar-refractivity contribution in [2.75, 3.05) is 27.2 Å². The Morgan fingerprint density at radius 3 is 2.14 bits per heavy atom. The Balaban J connectivity index is 1.60. The van der Waals surface area contributed by atoms with Gasteiger partial charge in [-0.05, 0) is 23.3 Å². The topological polar surface area (TPSA) is 9.23 Å². The number of hydrogen-bond acceptors (Lipinski definition) is 1. The molecule has 22 heavy (non-hydrogen) atoms. The zero-order valence-corrected chi connectivity index (χ0v) is 13.4. The monoisotopic (exact) mass is 294 g/mol. The van der Waals surface area contributed by atoms with Crippen LogP contribution >= 0.6 is 0 Å². The van der Waals surface area contributed by atoms with Gasteiger partial charge in [0.15, 0.2) is 6.10 Å². The molecule has 1 aliphatic heterocycles. The van der Waals surface area contributed by atoms with Crippen LogP contribution in [0.3, 0.4) is 0 Å². The lowest BCUT2D eigenvalue weighted by Crippen LogP contribution is -2.38. The molecule has 0 bridgehead atoms. The highest BCUT2D eigenvalue weighted by molar-refractivity contribution is 5.69. The molecule has 1 heterocycles. The molecular formula is C20H24NO+. The van der Waals surface area contributed by atoms with Gasteiger partial charge in [0.2, 0.25) is 0 Å². The smallest absolute Gasteiger partial charge is 0.153 e. The summed E-state index contributed by atoms with van der Waals surface area (Å²) in [4.78, 5) is 0. The van der Waals surface area contributed by atoms with Crippen LogP contribution in [0.1, 0.15) is 17.5 Å². The normalized spacial score (nSPS) is 20.4. The first kappa shape index (κ1) is 14.9. The quantitative estimate of drug-likeness (QED) is 0.610.